The Morgan fingerprint density at radius 1 is 1.43 bits per heavy atom. The van der Waals surface area contributed by atoms with Crippen molar-refractivity contribution in [1.29, 1.82) is 0 Å². The van der Waals surface area contributed by atoms with Gasteiger partial charge in [-0.15, -0.1) is 0 Å². The Bertz CT molecular complexity index is 269. The number of amides is 1. The van der Waals surface area contributed by atoms with Gasteiger partial charge in [0.05, 0.1) is 12.6 Å². The number of hydrogen-bond acceptors (Lipinski definition) is 3. The SMILES string of the molecule is O=C1NCC2(CCN3CCCCC32)O1. The lowest BCUT2D eigenvalue weighted by atomic mass is 9.89. The highest BCUT2D eigenvalue weighted by Gasteiger charge is 2.53. The van der Waals surface area contributed by atoms with Crippen molar-refractivity contribution in [1.82, 2.24) is 10.2 Å². The van der Waals surface area contributed by atoms with Crippen LogP contribution in [0.3, 0.4) is 0 Å². The lowest BCUT2D eigenvalue weighted by molar-refractivity contribution is 0.0115. The van der Waals surface area contributed by atoms with Crippen LogP contribution in [0.5, 0.6) is 0 Å². The summed E-state index contributed by atoms with van der Waals surface area (Å²) in [4.78, 5) is 13.6. The first-order chi connectivity index (χ1) is 6.80. The van der Waals surface area contributed by atoms with Gasteiger partial charge < -0.3 is 10.1 Å². The molecule has 3 aliphatic heterocycles. The average Bonchev–Trinajstić information content (AvgIpc) is 2.75. The van der Waals surface area contributed by atoms with Crippen LogP contribution in [0.1, 0.15) is 25.7 Å². The minimum Gasteiger partial charge on any atom is -0.439 e. The van der Waals surface area contributed by atoms with Crippen LogP contribution >= 0.6 is 0 Å². The summed E-state index contributed by atoms with van der Waals surface area (Å²) in [6.45, 7) is 3.00. The molecule has 3 fully saturated rings. The number of hydrogen-bond donors (Lipinski definition) is 1. The number of ether oxygens (including phenoxy) is 1. The zero-order valence-electron chi connectivity index (χ0n) is 8.29. The van der Waals surface area contributed by atoms with Crippen LogP contribution in [0.25, 0.3) is 0 Å². The smallest absolute Gasteiger partial charge is 0.407 e. The molecule has 2 atom stereocenters. The molecule has 3 aliphatic rings. The fraction of sp³-hybridized carbons (Fsp3) is 0.900. The Morgan fingerprint density at radius 2 is 2.36 bits per heavy atom. The van der Waals surface area contributed by atoms with Gasteiger partial charge in [-0.25, -0.2) is 4.79 Å². The Kier molecular flexibility index (Phi) is 1.74. The molecule has 14 heavy (non-hydrogen) atoms. The monoisotopic (exact) mass is 196 g/mol. The number of carbonyl (C=O) groups is 1. The minimum absolute atomic E-state index is 0.183. The molecule has 0 saturated carbocycles. The number of rotatable bonds is 0. The van der Waals surface area contributed by atoms with Crippen LogP contribution in [0.4, 0.5) is 4.79 Å². The highest BCUT2D eigenvalue weighted by molar-refractivity contribution is 5.70. The van der Waals surface area contributed by atoms with Crippen LogP contribution in [0.2, 0.25) is 0 Å². The van der Waals surface area contributed by atoms with E-state index in [0.29, 0.717) is 12.6 Å². The van der Waals surface area contributed by atoms with Crippen molar-refractivity contribution in [2.45, 2.75) is 37.3 Å². The molecule has 1 N–H and O–H groups in total. The maximum absolute atomic E-state index is 11.1. The van der Waals surface area contributed by atoms with E-state index in [1.165, 1.54) is 25.8 Å². The van der Waals surface area contributed by atoms with Gasteiger partial charge in [-0.05, 0) is 19.4 Å². The lowest BCUT2D eigenvalue weighted by Crippen LogP contribution is -2.49. The number of alkyl carbamates (subject to hydrolysis) is 1. The summed E-state index contributed by atoms with van der Waals surface area (Å²) < 4.78 is 5.49. The van der Waals surface area contributed by atoms with Crippen molar-refractivity contribution in [2.75, 3.05) is 19.6 Å². The highest BCUT2D eigenvalue weighted by Crippen LogP contribution is 2.39. The van der Waals surface area contributed by atoms with Gasteiger partial charge in [-0.3, -0.25) is 4.90 Å². The Labute approximate surface area is 83.6 Å². The van der Waals surface area contributed by atoms with Gasteiger partial charge in [-0.1, -0.05) is 6.42 Å². The molecule has 0 aromatic heterocycles. The molecule has 1 amide bonds. The third-order valence-electron chi connectivity index (χ3n) is 3.87. The number of piperidine rings is 1. The number of fused-ring (bicyclic) bond motifs is 2. The van der Waals surface area contributed by atoms with Gasteiger partial charge in [0.1, 0.15) is 5.60 Å². The van der Waals surface area contributed by atoms with Gasteiger partial charge in [0, 0.05) is 13.0 Å². The van der Waals surface area contributed by atoms with Gasteiger partial charge in [-0.2, -0.15) is 0 Å². The molecule has 2 unspecified atom stereocenters. The zero-order valence-corrected chi connectivity index (χ0v) is 8.29. The molecule has 3 saturated heterocycles. The predicted octanol–water partition coefficient (Wildman–Crippen LogP) is 0.723. The van der Waals surface area contributed by atoms with Gasteiger partial charge >= 0.3 is 6.09 Å². The molecule has 3 rings (SSSR count). The van der Waals surface area contributed by atoms with E-state index in [9.17, 15) is 4.79 Å². The topological polar surface area (TPSA) is 41.6 Å². The molecular formula is C10H16N2O2. The third-order valence-corrected chi connectivity index (χ3v) is 3.87. The summed E-state index contributed by atoms with van der Waals surface area (Å²) in [7, 11) is 0. The number of nitrogens with one attached hydrogen (secondary N) is 1. The summed E-state index contributed by atoms with van der Waals surface area (Å²) in [5.41, 5.74) is -0.183. The summed E-state index contributed by atoms with van der Waals surface area (Å²) >= 11 is 0. The number of carbonyl (C=O) groups excluding carboxylic acids is 1. The lowest BCUT2D eigenvalue weighted by Gasteiger charge is -2.36. The van der Waals surface area contributed by atoms with Crippen molar-refractivity contribution in [3.63, 3.8) is 0 Å². The zero-order chi connectivity index (χ0) is 9.60. The second-order valence-electron chi connectivity index (χ2n) is 4.61. The van der Waals surface area contributed by atoms with E-state index in [2.05, 4.69) is 10.2 Å². The molecular weight excluding hydrogens is 180 g/mol. The third kappa shape index (κ3) is 1.06. The summed E-state index contributed by atoms with van der Waals surface area (Å²) in [5.74, 6) is 0. The van der Waals surface area contributed by atoms with E-state index in [1.807, 2.05) is 0 Å². The first-order valence-corrected chi connectivity index (χ1v) is 5.51. The Hall–Kier alpha value is -0.770. The van der Waals surface area contributed by atoms with Gasteiger partial charge in [0.2, 0.25) is 0 Å². The first-order valence-electron chi connectivity index (χ1n) is 5.51. The summed E-state index contributed by atoms with van der Waals surface area (Å²) in [5, 5.41) is 2.80. The quantitative estimate of drug-likeness (QED) is 0.621. The van der Waals surface area contributed by atoms with Crippen molar-refractivity contribution >= 4 is 6.09 Å². The Balaban J connectivity index is 1.83. The van der Waals surface area contributed by atoms with E-state index in [1.54, 1.807) is 0 Å². The fourth-order valence-electron chi connectivity index (χ4n) is 3.16. The maximum Gasteiger partial charge on any atom is 0.407 e. The van der Waals surface area contributed by atoms with E-state index in [0.717, 1.165) is 13.0 Å². The fourth-order valence-corrected chi connectivity index (χ4v) is 3.16. The molecule has 1 spiro atoms. The van der Waals surface area contributed by atoms with Crippen molar-refractivity contribution in [2.24, 2.45) is 0 Å². The van der Waals surface area contributed by atoms with Crippen LogP contribution in [0, 0.1) is 0 Å². The molecule has 4 heteroatoms. The molecule has 4 nitrogen and oxygen atoms in total. The molecule has 0 bridgehead atoms. The molecule has 0 aliphatic carbocycles. The molecule has 0 radical (unpaired) electrons. The van der Waals surface area contributed by atoms with Crippen molar-refractivity contribution in [3.8, 4) is 0 Å². The molecule has 78 valence electrons. The Morgan fingerprint density at radius 3 is 3.14 bits per heavy atom. The van der Waals surface area contributed by atoms with Gasteiger partial charge in [0.15, 0.2) is 0 Å². The van der Waals surface area contributed by atoms with E-state index >= 15 is 0 Å². The maximum atomic E-state index is 11.1. The normalized spacial score (nSPS) is 42.3. The molecule has 0 aromatic carbocycles. The van der Waals surface area contributed by atoms with Gasteiger partial charge in [0.25, 0.3) is 0 Å². The standard InChI is InChI=1S/C10H16N2O2/c13-9-11-7-10(14-9)4-6-12-5-2-1-3-8(10)12/h8H,1-7H2,(H,11,13). The van der Waals surface area contributed by atoms with Crippen LogP contribution in [-0.2, 0) is 4.74 Å². The predicted molar refractivity (Wildman–Crippen MR) is 51.0 cm³/mol. The van der Waals surface area contributed by atoms with E-state index in [4.69, 9.17) is 4.74 Å². The number of nitrogens with zero attached hydrogens (tertiary/aromatic N) is 1. The van der Waals surface area contributed by atoms with Crippen LogP contribution < -0.4 is 5.32 Å². The van der Waals surface area contributed by atoms with Crippen molar-refractivity contribution < 1.29 is 9.53 Å². The van der Waals surface area contributed by atoms with E-state index < -0.39 is 0 Å². The average molecular weight is 196 g/mol. The van der Waals surface area contributed by atoms with Crippen molar-refractivity contribution in [3.05, 3.63) is 0 Å². The minimum atomic E-state index is -0.225. The second kappa shape index (κ2) is 2.86. The van der Waals surface area contributed by atoms with Crippen LogP contribution in [-0.4, -0.2) is 42.3 Å². The van der Waals surface area contributed by atoms with E-state index in [-0.39, 0.29) is 11.7 Å². The largest absolute Gasteiger partial charge is 0.439 e. The molecule has 0 aromatic rings. The summed E-state index contributed by atoms with van der Waals surface area (Å²) in [6.07, 6.45) is 4.55. The first kappa shape index (κ1) is 8.53. The van der Waals surface area contributed by atoms with Crippen LogP contribution in [0.15, 0.2) is 0 Å². The molecule has 3 heterocycles. The highest BCUT2D eigenvalue weighted by atomic mass is 16.6. The second-order valence-corrected chi connectivity index (χ2v) is 4.61. The summed E-state index contributed by atoms with van der Waals surface area (Å²) in [6, 6.07) is 0.482.